The molecule has 0 aliphatic heterocycles. The summed E-state index contributed by atoms with van der Waals surface area (Å²) < 4.78 is 0. The molecule has 1 aromatic rings. The summed E-state index contributed by atoms with van der Waals surface area (Å²) in [6.45, 7) is 5.24. The van der Waals surface area contributed by atoms with Gasteiger partial charge in [-0.2, -0.15) is 0 Å². The highest BCUT2D eigenvalue weighted by Gasteiger charge is 2.32. The van der Waals surface area contributed by atoms with E-state index >= 15 is 0 Å². The first-order valence-corrected chi connectivity index (χ1v) is 6.74. The van der Waals surface area contributed by atoms with E-state index in [0.29, 0.717) is 23.2 Å². The minimum absolute atomic E-state index is 0. The molecule has 1 fully saturated rings. The molecule has 0 aromatic heterocycles. The summed E-state index contributed by atoms with van der Waals surface area (Å²) in [7, 11) is 0. The number of carbonyl (C=O) groups is 1. The van der Waals surface area contributed by atoms with Crippen LogP contribution in [0.5, 0.6) is 0 Å². The quantitative estimate of drug-likeness (QED) is 0.842. The zero-order valence-corrected chi connectivity index (χ0v) is 12.5. The number of hydrogen-bond donors (Lipinski definition) is 1. The van der Waals surface area contributed by atoms with Gasteiger partial charge in [-0.1, -0.05) is 19.9 Å². The number of nitrogen functional groups attached to an aromatic ring is 1. The van der Waals surface area contributed by atoms with Crippen molar-refractivity contribution in [3.63, 3.8) is 0 Å². The van der Waals surface area contributed by atoms with Gasteiger partial charge in [-0.3, -0.25) is 4.79 Å². The van der Waals surface area contributed by atoms with Gasteiger partial charge in [-0.15, -0.1) is 12.4 Å². The average molecular weight is 283 g/mol. The lowest BCUT2D eigenvalue weighted by Gasteiger charge is -2.23. The highest BCUT2D eigenvalue weighted by molar-refractivity contribution is 5.95. The molecule has 1 aromatic carbocycles. The number of anilines is 1. The maximum atomic E-state index is 12.5. The van der Waals surface area contributed by atoms with Crippen molar-refractivity contribution in [1.82, 2.24) is 4.90 Å². The maximum Gasteiger partial charge on any atom is 0.254 e. The van der Waals surface area contributed by atoms with Gasteiger partial charge in [0.05, 0.1) is 0 Å². The zero-order valence-electron chi connectivity index (χ0n) is 11.6. The van der Waals surface area contributed by atoms with Gasteiger partial charge in [0.25, 0.3) is 5.91 Å². The first kappa shape index (κ1) is 15.8. The monoisotopic (exact) mass is 282 g/mol. The van der Waals surface area contributed by atoms with E-state index in [1.54, 1.807) is 6.07 Å². The molecule has 0 spiro atoms. The summed E-state index contributed by atoms with van der Waals surface area (Å²) in [5, 5.41) is 0. The molecule has 0 unspecified atom stereocenters. The Kier molecular flexibility index (Phi) is 5.67. The van der Waals surface area contributed by atoms with Crippen molar-refractivity contribution >= 4 is 24.0 Å². The minimum Gasteiger partial charge on any atom is -0.399 e. The van der Waals surface area contributed by atoms with Crippen molar-refractivity contribution in [2.75, 3.05) is 12.3 Å². The van der Waals surface area contributed by atoms with Gasteiger partial charge >= 0.3 is 0 Å². The van der Waals surface area contributed by atoms with Crippen LogP contribution in [0.1, 0.15) is 43.5 Å². The lowest BCUT2D eigenvalue weighted by Crippen LogP contribution is -2.34. The lowest BCUT2D eigenvalue weighted by atomic mass is 10.1. The normalized spacial score (nSPS) is 14.1. The second kappa shape index (κ2) is 6.80. The van der Waals surface area contributed by atoms with Crippen LogP contribution in [0.2, 0.25) is 0 Å². The van der Waals surface area contributed by atoms with Crippen LogP contribution in [0.3, 0.4) is 0 Å². The summed E-state index contributed by atoms with van der Waals surface area (Å²) >= 11 is 0. The van der Waals surface area contributed by atoms with Crippen LogP contribution >= 0.6 is 12.4 Å². The van der Waals surface area contributed by atoms with Gasteiger partial charge < -0.3 is 10.6 Å². The molecule has 1 aliphatic rings. The van der Waals surface area contributed by atoms with E-state index in [1.807, 2.05) is 23.1 Å². The molecule has 19 heavy (non-hydrogen) atoms. The summed E-state index contributed by atoms with van der Waals surface area (Å²) in [5.74, 6) is 0.755. The van der Waals surface area contributed by atoms with Crippen molar-refractivity contribution in [1.29, 1.82) is 0 Å². The number of carbonyl (C=O) groups excluding carboxylic acids is 1. The fourth-order valence-electron chi connectivity index (χ4n) is 2.07. The average Bonchev–Trinajstić information content (AvgIpc) is 3.13. The Morgan fingerprint density at radius 1 is 1.42 bits per heavy atom. The van der Waals surface area contributed by atoms with Gasteiger partial charge in [0, 0.05) is 23.8 Å². The number of hydrogen-bond acceptors (Lipinski definition) is 2. The van der Waals surface area contributed by atoms with Gasteiger partial charge in [0.15, 0.2) is 0 Å². The first-order valence-electron chi connectivity index (χ1n) is 6.74. The van der Waals surface area contributed by atoms with Crippen molar-refractivity contribution in [3.05, 3.63) is 29.8 Å². The van der Waals surface area contributed by atoms with Crippen molar-refractivity contribution < 1.29 is 4.79 Å². The molecule has 2 N–H and O–H groups in total. The third-order valence-electron chi connectivity index (χ3n) is 3.33. The Hall–Kier alpha value is -1.22. The molecular weight excluding hydrogens is 260 g/mol. The van der Waals surface area contributed by atoms with E-state index in [9.17, 15) is 4.79 Å². The van der Waals surface area contributed by atoms with Crippen molar-refractivity contribution in [2.45, 2.75) is 39.2 Å². The third kappa shape index (κ3) is 4.43. The molecule has 1 amide bonds. The van der Waals surface area contributed by atoms with E-state index in [0.717, 1.165) is 25.8 Å². The molecule has 1 saturated carbocycles. The molecule has 106 valence electrons. The Bertz CT molecular complexity index is 430. The number of benzene rings is 1. The van der Waals surface area contributed by atoms with E-state index in [-0.39, 0.29) is 18.3 Å². The number of nitrogens with zero attached hydrogens (tertiary/aromatic N) is 1. The molecule has 2 rings (SSSR count). The highest BCUT2D eigenvalue weighted by Crippen LogP contribution is 2.29. The third-order valence-corrected chi connectivity index (χ3v) is 3.33. The second-order valence-corrected chi connectivity index (χ2v) is 5.54. The number of halogens is 1. The fraction of sp³-hybridized carbons (Fsp3) is 0.533. The van der Waals surface area contributed by atoms with E-state index in [1.165, 1.54) is 0 Å². The van der Waals surface area contributed by atoms with Gasteiger partial charge in [-0.25, -0.2) is 0 Å². The first-order chi connectivity index (χ1) is 8.58. The topological polar surface area (TPSA) is 46.3 Å². The summed E-state index contributed by atoms with van der Waals surface area (Å²) in [4.78, 5) is 14.5. The summed E-state index contributed by atoms with van der Waals surface area (Å²) in [6.07, 6.45) is 3.35. The van der Waals surface area contributed by atoms with Crippen molar-refractivity contribution in [2.24, 2.45) is 5.92 Å². The van der Waals surface area contributed by atoms with Crippen LogP contribution in [0.15, 0.2) is 24.3 Å². The van der Waals surface area contributed by atoms with E-state index in [4.69, 9.17) is 5.73 Å². The summed E-state index contributed by atoms with van der Waals surface area (Å²) in [5.41, 5.74) is 7.11. The zero-order chi connectivity index (χ0) is 13.1. The van der Waals surface area contributed by atoms with Crippen LogP contribution in [0.4, 0.5) is 5.69 Å². The SMILES string of the molecule is CC(C)CCN(C(=O)c1cccc(N)c1)C1CC1.Cl. The lowest BCUT2D eigenvalue weighted by molar-refractivity contribution is 0.0735. The molecule has 0 atom stereocenters. The Morgan fingerprint density at radius 2 is 2.11 bits per heavy atom. The van der Waals surface area contributed by atoms with Gasteiger partial charge in [0.1, 0.15) is 0 Å². The molecular formula is C15H23ClN2O. The Morgan fingerprint density at radius 3 is 2.63 bits per heavy atom. The van der Waals surface area contributed by atoms with Crippen LogP contribution in [-0.4, -0.2) is 23.4 Å². The molecule has 3 nitrogen and oxygen atoms in total. The predicted octanol–water partition coefficient (Wildman–Crippen LogP) is 3.34. The van der Waals surface area contributed by atoms with Gasteiger partial charge in [-0.05, 0) is 43.4 Å². The van der Waals surface area contributed by atoms with E-state index in [2.05, 4.69) is 13.8 Å². The van der Waals surface area contributed by atoms with Crippen molar-refractivity contribution in [3.8, 4) is 0 Å². The molecule has 0 bridgehead atoms. The molecule has 0 radical (unpaired) electrons. The smallest absolute Gasteiger partial charge is 0.254 e. The predicted molar refractivity (Wildman–Crippen MR) is 81.6 cm³/mol. The molecule has 4 heteroatoms. The molecule has 1 aliphatic carbocycles. The minimum atomic E-state index is 0. The fourth-order valence-corrected chi connectivity index (χ4v) is 2.07. The number of amides is 1. The Labute approximate surface area is 121 Å². The van der Waals surface area contributed by atoms with Gasteiger partial charge in [0.2, 0.25) is 0 Å². The maximum absolute atomic E-state index is 12.5. The van der Waals surface area contributed by atoms with Crippen LogP contribution in [0, 0.1) is 5.92 Å². The summed E-state index contributed by atoms with van der Waals surface area (Å²) in [6, 6.07) is 7.73. The van der Waals surface area contributed by atoms with Crippen LogP contribution in [0.25, 0.3) is 0 Å². The van der Waals surface area contributed by atoms with Crippen LogP contribution in [-0.2, 0) is 0 Å². The molecule has 0 heterocycles. The van der Waals surface area contributed by atoms with Crippen LogP contribution < -0.4 is 5.73 Å². The van der Waals surface area contributed by atoms with E-state index < -0.39 is 0 Å². The Balaban J connectivity index is 0.00000180. The largest absolute Gasteiger partial charge is 0.399 e. The highest BCUT2D eigenvalue weighted by atomic mass is 35.5. The standard InChI is InChI=1S/C15H22N2O.ClH/c1-11(2)8-9-17(14-6-7-14)15(18)12-4-3-5-13(16)10-12;/h3-5,10-11,14H,6-9,16H2,1-2H3;1H. The number of nitrogens with two attached hydrogens (primary N) is 1. The number of rotatable bonds is 5. The second-order valence-electron chi connectivity index (χ2n) is 5.54. The molecule has 0 saturated heterocycles.